The molecule has 0 radical (unpaired) electrons. The van der Waals surface area contributed by atoms with Gasteiger partial charge in [-0.25, -0.2) is 0 Å². The van der Waals surface area contributed by atoms with E-state index >= 15 is 0 Å². The van der Waals surface area contributed by atoms with Gasteiger partial charge < -0.3 is 0 Å². The highest BCUT2D eigenvalue weighted by Crippen LogP contribution is 2.49. The van der Waals surface area contributed by atoms with Crippen molar-refractivity contribution in [1.29, 1.82) is 0 Å². The molecule has 0 fully saturated rings. The van der Waals surface area contributed by atoms with E-state index in [0.29, 0.717) is 0 Å². The predicted octanol–water partition coefficient (Wildman–Crippen LogP) is 4.73. The molecule has 0 spiro atoms. The molecule has 2 aromatic carbocycles. The maximum atomic E-state index is 13.3. The first kappa shape index (κ1) is 13.0. The molecule has 94 valence electrons. The molecule has 0 nitrogen and oxygen atoms in total. The summed E-state index contributed by atoms with van der Waals surface area (Å²) < 4.78 is 40.0. The Bertz CT molecular complexity index is 466. The third-order valence-electron chi connectivity index (χ3n) is 2.73. The maximum Gasteiger partial charge on any atom is 0.415 e. The average Bonchev–Trinajstić information content (AvgIpc) is 2.38. The monoisotopic (exact) mass is 270 g/mol. The lowest BCUT2D eigenvalue weighted by atomic mass is 9.90. The van der Waals surface area contributed by atoms with Gasteiger partial charge in [-0.1, -0.05) is 72.3 Å². The van der Waals surface area contributed by atoms with Crippen molar-refractivity contribution in [3.8, 4) is 0 Å². The Morgan fingerprint density at radius 1 is 0.667 bits per heavy atom. The van der Waals surface area contributed by atoms with Gasteiger partial charge in [0.1, 0.15) is 0 Å². The fourth-order valence-corrected chi connectivity index (χ4v) is 2.08. The summed E-state index contributed by atoms with van der Waals surface area (Å²) in [5, 5.41) is 0. The van der Waals surface area contributed by atoms with Crippen molar-refractivity contribution in [2.75, 3.05) is 0 Å². The molecule has 4 heteroatoms. The summed E-state index contributed by atoms with van der Waals surface area (Å²) in [6.45, 7) is 0. The fraction of sp³-hybridized carbons (Fsp3) is 0.143. The molecular weight excluding hydrogens is 261 g/mol. The molecule has 0 aromatic heterocycles. The largest absolute Gasteiger partial charge is 0.415 e. The molecule has 0 bridgehead atoms. The molecule has 0 aliphatic carbocycles. The summed E-state index contributed by atoms with van der Waals surface area (Å²) in [6, 6.07) is 15.0. The second-order valence-corrected chi connectivity index (χ2v) is 4.46. The third-order valence-corrected chi connectivity index (χ3v) is 3.38. The normalized spacial score (nSPS) is 12.4. The molecule has 0 aliphatic rings. The molecule has 0 atom stereocenters. The van der Waals surface area contributed by atoms with E-state index in [0.717, 1.165) is 0 Å². The Morgan fingerprint density at radius 3 is 1.28 bits per heavy atom. The zero-order valence-electron chi connectivity index (χ0n) is 9.29. The Kier molecular flexibility index (Phi) is 3.35. The van der Waals surface area contributed by atoms with E-state index in [4.69, 9.17) is 11.6 Å². The number of rotatable bonds is 2. The smallest absolute Gasteiger partial charge is 0.168 e. The second-order valence-electron chi connectivity index (χ2n) is 3.89. The van der Waals surface area contributed by atoms with Crippen LogP contribution in [0.5, 0.6) is 0 Å². The molecule has 0 saturated carbocycles. The van der Waals surface area contributed by atoms with Crippen LogP contribution < -0.4 is 0 Å². The highest BCUT2D eigenvalue weighted by molar-refractivity contribution is 6.26. The van der Waals surface area contributed by atoms with Gasteiger partial charge in [0.05, 0.1) is 0 Å². The third kappa shape index (κ3) is 2.10. The molecule has 18 heavy (non-hydrogen) atoms. The van der Waals surface area contributed by atoms with E-state index in [9.17, 15) is 13.2 Å². The molecule has 2 aromatic rings. The molecule has 0 unspecified atom stereocenters. The predicted molar refractivity (Wildman–Crippen MR) is 65.6 cm³/mol. The molecule has 0 heterocycles. The van der Waals surface area contributed by atoms with Crippen LogP contribution >= 0.6 is 11.6 Å². The van der Waals surface area contributed by atoms with Crippen LogP contribution in [0.2, 0.25) is 0 Å². The molecule has 0 N–H and O–H groups in total. The highest BCUT2D eigenvalue weighted by Gasteiger charge is 2.56. The van der Waals surface area contributed by atoms with Crippen LogP contribution in [-0.4, -0.2) is 6.18 Å². The fourth-order valence-electron chi connectivity index (χ4n) is 1.83. The van der Waals surface area contributed by atoms with Gasteiger partial charge in [0, 0.05) is 0 Å². The average molecular weight is 271 g/mol. The van der Waals surface area contributed by atoms with Crippen LogP contribution in [0.25, 0.3) is 0 Å². The van der Waals surface area contributed by atoms with Crippen molar-refractivity contribution in [1.82, 2.24) is 0 Å². The Labute approximate surface area is 108 Å². The van der Waals surface area contributed by atoms with Gasteiger partial charge in [0.2, 0.25) is 0 Å². The van der Waals surface area contributed by atoms with Crippen molar-refractivity contribution in [3.05, 3.63) is 71.8 Å². The molecule has 0 aliphatic heterocycles. The maximum absolute atomic E-state index is 13.3. The topological polar surface area (TPSA) is 0 Å². The molecular formula is C14H10ClF3. The Balaban J connectivity index is 2.63. The van der Waals surface area contributed by atoms with E-state index in [1.54, 1.807) is 36.4 Å². The summed E-state index contributed by atoms with van der Waals surface area (Å²) in [5.74, 6) is 0. The zero-order valence-corrected chi connectivity index (χ0v) is 10.0. The van der Waals surface area contributed by atoms with Gasteiger partial charge in [-0.2, -0.15) is 13.2 Å². The summed E-state index contributed by atoms with van der Waals surface area (Å²) >= 11 is 5.94. The first-order chi connectivity index (χ1) is 8.46. The van der Waals surface area contributed by atoms with Crippen molar-refractivity contribution in [2.24, 2.45) is 0 Å². The van der Waals surface area contributed by atoms with Gasteiger partial charge in [-0.3, -0.25) is 0 Å². The summed E-state index contributed by atoms with van der Waals surface area (Å²) in [6.07, 6.45) is -4.57. The quantitative estimate of drug-likeness (QED) is 0.692. The minimum Gasteiger partial charge on any atom is -0.168 e. The first-order valence-corrected chi connectivity index (χ1v) is 5.71. The number of halogens is 4. The SMILES string of the molecule is FC(F)(F)C(Cl)(c1ccccc1)c1ccccc1. The Hall–Kier alpha value is -1.48. The molecule has 2 rings (SSSR count). The van der Waals surface area contributed by atoms with Gasteiger partial charge >= 0.3 is 6.18 Å². The summed E-state index contributed by atoms with van der Waals surface area (Å²) in [7, 11) is 0. The van der Waals surface area contributed by atoms with Crippen molar-refractivity contribution in [3.63, 3.8) is 0 Å². The standard InChI is InChI=1S/C14H10ClF3/c15-13(14(16,17)18,11-7-3-1-4-8-11)12-9-5-2-6-10-12/h1-10H. The lowest BCUT2D eigenvalue weighted by molar-refractivity contribution is -0.154. The second kappa shape index (κ2) is 4.65. The Morgan fingerprint density at radius 2 is 1.00 bits per heavy atom. The van der Waals surface area contributed by atoms with E-state index in [1.165, 1.54) is 24.3 Å². The van der Waals surface area contributed by atoms with E-state index in [2.05, 4.69) is 0 Å². The van der Waals surface area contributed by atoms with Crippen LogP contribution in [0.1, 0.15) is 11.1 Å². The van der Waals surface area contributed by atoms with Gasteiger partial charge in [0.15, 0.2) is 4.87 Å². The van der Waals surface area contributed by atoms with E-state index < -0.39 is 11.1 Å². The van der Waals surface area contributed by atoms with Crippen LogP contribution in [-0.2, 0) is 4.87 Å². The number of hydrogen-bond acceptors (Lipinski definition) is 0. The lowest BCUT2D eigenvalue weighted by Gasteiger charge is -2.30. The van der Waals surface area contributed by atoms with Crippen molar-refractivity contribution in [2.45, 2.75) is 11.1 Å². The minimum atomic E-state index is -4.57. The summed E-state index contributed by atoms with van der Waals surface area (Å²) in [4.78, 5) is -2.50. The van der Waals surface area contributed by atoms with Crippen molar-refractivity contribution < 1.29 is 13.2 Å². The highest BCUT2D eigenvalue weighted by atomic mass is 35.5. The summed E-state index contributed by atoms with van der Waals surface area (Å²) in [5.41, 5.74) is 0.0377. The van der Waals surface area contributed by atoms with Crippen LogP contribution in [0.4, 0.5) is 13.2 Å². The van der Waals surface area contributed by atoms with E-state index in [-0.39, 0.29) is 11.1 Å². The van der Waals surface area contributed by atoms with Gasteiger partial charge in [-0.05, 0) is 11.1 Å². The number of hydrogen-bond donors (Lipinski definition) is 0. The van der Waals surface area contributed by atoms with Crippen LogP contribution in [0, 0.1) is 0 Å². The van der Waals surface area contributed by atoms with E-state index in [1.807, 2.05) is 0 Å². The van der Waals surface area contributed by atoms with Crippen LogP contribution in [0.15, 0.2) is 60.7 Å². The first-order valence-electron chi connectivity index (χ1n) is 5.33. The number of benzene rings is 2. The number of alkyl halides is 4. The lowest BCUT2D eigenvalue weighted by Crippen LogP contribution is -2.38. The van der Waals surface area contributed by atoms with Crippen molar-refractivity contribution >= 4 is 11.6 Å². The molecule has 0 amide bonds. The van der Waals surface area contributed by atoms with Crippen LogP contribution in [0.3, 0.4) is 0 Å². The van der Waals surface area contributed by atoms with Gasteiger partial charge in [0.25, 0.3) is 0 Å². The minimum absolute atomic E-state index is 0.0189. The zero-order chi connectivity index (χ0) is 13.2. The molecule has 0 saturated heterocycles. The van der Waals surface area contributed by atoms with Gasteiger partial charge in [-0.15, -0.1) is 0 Å².